The number of aryl methyl sites for hydroxylation is 1. The van der Waals surface area contributed by atoms with E-state index in [0.717, 1.165) is 6.07 Å². The van der Waals surface area contributed by atoms with Gasteiger partial charge in [0.2, 0.25) is 5.95 Å². The zero-order chi connectivity index (χ0) is 17.5. The van der Waals surface area contributed by atoms with E-state index in [2.05, 4.69) is 15.1 Å². The van der Waals surface area contributed by atoms with E-state index in [9.17, 15) is 23.1 Å². The summed E-state index contributed by atoms with van der Waals surface area (Å²) in [5.74, 6) is -1.33. The summed E-state index contributed by atoms with van der Waals surface area (Å²) >= 11 is 0. The summed E-state index contributed by atoms with van der Waals surface area (Å²) in [6, 6.07) is -0.0814. The molecule has 0 amide bonds. The molecule has 0 unspecified atom stereocenters. The highest BCUT2D eigenvalue weighted by molar-refractivity contribution is 5.78. The standard InChI is InChI=1S/C14H14F3N5O2/c1-21-7-8(6-18-21)9-5-11(14(15,16)17)20-13(19-9)22-4-2-3-10(22)12(23)24/h5-7,10H,2-4H2,1H3,(H,23,24)/t10-/m0/s1. The lowest BCUT2D eigenvalue weighted by Gasteiger charge is -2.22. The third-order valence-corrected chi connectivity index (χ3v) is 3.80. The van der Waals surface area contributed by atoms with Gasteiger partial charge in [0.05, 0.1) is 11.9 Å². The van der Waals surface area contributed by atoms with Crippen LogP contribution < -0.4 is 4.90 Å². The second kappa shape index (κ2) is 5.77. The second-order valence-electron chi connectivity index (χ2n) is 5.53. The lowest BCUT2D eigenvalue weighted by Crippen LogP contribution is -2.37. The number of carboxylic acids is 1. The number of aromatic nitrogens is 4. The molecule has 0 aliphatic carbocycles. The average Bonchev–Trinajstić information content (AvgIpc) is 3.14. The fourth-order valence-corrected chi connectivity index (χ4v) is 2.67. The van der Waals surface area contributed by atoms with Crippen LogP contribution in [0.3, 0.4) is 0 Å². The second-order valence-corrected chi connectivity index (χ2v) is 5.53. The normalized spacial score (nSPS) is 18.2. The van der Waals surface area contributed by atoms with E-state index in [1.807, 2.05) is 0 Å². The number of alkyl halides is 3. The number of rotatable bonds is 3. The quantitative estimate of drug-likeness (QED) is 0.919. The van der Waals surface area contributed by atoms with E-state index in [0.29, 0.717) is 24.9 Å². The maximum Gasteiger partial charge on any atom is 0.433 e. The molecule has 2 aromatic heterocycles. The number of anilines is 1. The summed E-state index contributed by atoms with van der Waals surface area (Å²) in [6.07, 6.45) is -0.834. The van der Waals surface area contributed by atoms with Gasteiger partial charge in [0.1, 0.15) is 6.04 Å². The Morgan fingerprint density at radius 1 is 1.38 bits per heavy atom. The molecule has 7 nitrogen and oxygen atoms in total. The smallest absolute Gasteiger partial charge is 0.433 e. The summed E-state index contributed by atoms with van der Waals surface area (Å²) in [4.78, 5) is 20.3. The zero-order valence-corrected chi connectivity index (χ0v) is 12.7. The van der Waals surface area contributed by atoms with Gasteiger partial charge in [0.25, 0.3) is 0 Å². The van der Waals surface area contributed by atoms with Crippen LogP contribution in [0.5, 0.6) is 0 Å². The van der Waals surface area contributed by atoms with E-state index >= 15 is 0 Å². The van der Waals surface area contributed by atoms with Gasteiger partial charge in [0, 0.05) is 25.4 Å². The molecule has 0 saturated carbocycles. The predicted molar refractivity (Wildman–Crippen MR) is 77.2 cm³/mol. The van der Waals surface area contributed by atoms with Crippen LogP contribution in [0, 0.1) is 0 Å². The molecule has 24 heavy (non-hydrogen) atoms. The summed E-state index contributed by atoms with van der Waals surface area (Å²) in [5.41, 5.74) is -0.656. The Hall–Kier alpha value is -2.65. The molecule has 3 rings (SSSR count). The summed E-state index contributed by atoms with van der Waals surface area (Å²) < 4.78 is 40.9. The van der Waals surface area contributed by atoms with Crippen molar-refractivity contribution in [3.05, 3.63) is 24.2 Å². The maximum absolute atomic E-state index is 13.2. The monoisotopic (exact) mass is 341 g/mol. The third-order valence-electron chi connectivity index (χ3n) is 3.80. The Bertz CT molecular complexity index is 774. The van der Waals surface area contributed by atoms with E-state index in [-0.39, 0.29) is 11.6 Å². The number of hydrogen-bond acceptors (Lipinski definition) is 5. The Morgan fingerprint density at radius 3 is 2.71 bits per heavy atom. The molecule has 0 aromatic carbocycles. The Morgan fingerprint density at radius 2 is 2.12 bits per heavy atom. The van der Waals surface area contributed by atoms with Gasteiger partial charge in [-0.3, -0.25) is 4.68 Å². The van der Waals surface area contributed by atoms with Crippen LogP contribution in [0.4, 0.5) is 19.1 Å². The van der Waals surface area contributed by atoms with Crippen LogP contribution in [-0.2, 0) is 18.0 Å². The Labute approximate surface area is 134 Å². The first-order chi connectivity index (χ1) is 11.3. The molecule has 128 valence electrons. The number of carbonyl (C=O) groups is 1. The van der Waals surface area contributed by atoms with Crippen LogP contribution in [0.15, 0.2) is 18.5 Å². The van der Waals surface area contributed by atoms with Crippen LogP contribution >= 0.6 is 0 Å². The molecule has 1 N–H and O–H groups in total. The number of halogens is 3. The van der Waals surface area contributed by atoms with Crippen molar-refractivity contribution in [1.29, 1.82) is 0 Å². The third kappa shape index (κ3) is 3.03. The maximum atomic E-state index is 13.2. The molecule has 3 heterocycles. The molecule has 10 heteroatoms. The van der Waals surface area contributed by atoms with Crippen molar-refractivity contribution < 1.29 is 23.1 Å². The number of aliphatic carboxylic acids is 1. The first-order valence-electron chi connectivity index (χ1n) is 7.20. The fraction of sp³-hybridized carbons (Fsp3) is 0.429. The molecule has 0 radical (unpaired) electrons. The van der Waals surface area contributed by atoms with Crippen molar-refractivity contribution in [2.24, 2.45) is 7.05 Å². The average molecular weight is 341 g/mol. The summed E-state index contributed by atoms with van der Waals surface area (Å²) in [5, 5.41) is 13.2. The number of carboxylic acid groups (broad SMARTS) is 1. The van der Waals surface area contributed by atoms with Gasteiger partial charge in [-0.25, -0.2) is 14.8 Å². The zero-order valence-electron chi connectivity index (χ0n) is 12.7. The minimum absolute atomic E-state index is 0.0523. The highest BCUT2D eigenvalue weighted by Gasteiger charge is 2.37. The van der Waals surface area contributed by atoms with Gasteiger partial charge in [-0.2, -0.15) is 18.3 Å². The molecule has 0 bridgehead atoms. The van der Waals surface area contributed by atoms with Gasteiger partial charge in [0.15, 0.2) is 5.69 Å². The van der Waals surface area contributed by atoms with Crippen LogP contribution in [0.25, 0.3) is 11.3 Å². The van der Waals surface area contributed by atoms with Crippen LogP contribution in [0.1, 0.15) is 18.5 Å². The topological polar surface area (TPSA) is 84.1 Å². The van der Waals surface area contributed by atoms with Gasteiger partial charge in [-0.15, -0.1) is 0 Å². The minimum atomic E-state index is -4.66. The highest BCUT2D eigenvalue weighted by atomic mass is 19.4. The van der Waals surface area contributed by atoms with Crippen molar-refractivity contribution in [1.82, 2.24) is 19.7 Å². The van der Waals surface area contributed by atoms with Crippen molar-refractivity contribution in [2.45, 2.75) is 25.1 Å². The Balaban J connectivity index is 2.10. The van der Waals surface area contributed by atoms with Gasteiger partial charge in [-0.1, -0.05) is 0 Å². The van der Waals surface area contributed by atoms with Gasteiger partial charge >= 0.3 is 12.1 Å². The Kier molecular flexibility index (Phi) is 3.90. The molecular formula is C14H14F3N5O2. The van der Waals surface area contributed by atoms with Crippen molar-refractivity contribution >= 4 is 11.9 Å². The molecular weight excluding hydrogens is 327 g/mol. The molecule has 1 aliphatic heterocycles. The number of nitrogens with zero attached hydrogens (tertiary/aromatic N) is 5. The SMILES string of the molecule is Cn1cc(-c2cc(C(F)(F)F)nc(N3CCC[C@H]3C(=O)O)n2)cn1. The lowest BCUT2D eigenvalue weighted by molar-refractivity contribution is -0.141. The summed E-state index contributed by atoms with van der Waals surface area (Å²) in [7, 11) is 1.64. The van der Waals surface area contributed by atoms with Crippen molar-refractivity contribution in [2.75, 3.05) is 11.4 Å². The predicted octanol–water partition coefficient (Wildman–Crippen LogP) is 1.95. The van der Waals surface area contributed by atoms with E-state index in [1.54, 1.807) is 7.05 Å². The van der Waals surface area contributed by atoms with Gasteiger partial charge < -0.3 is 10.0 Å². The summed E-state index contributed by atoms with van der Waals surface area (Å²) in [6.45, 7) is 0.296. The molecule has 1 aliphatic rings. The number of hydrogen-bond donors (Lipinski definition) is 1. The molecule has 1 saturated heterocycles. The van der Waals surface area contributed by atoms with Gasteiger partial charge in [-0.05, 0) is 18.9 Å². The van der Waals surface area contributed by atoms with Crippen molar-refractivity contribution in [3.8, 4) is 11.3 Å². The largest absolute Gasteiger partial charge is 0.480 e. The van der Waals surface area contributed by atoms with E-state index in [1.165, 1.54) is 22.0 Å². The highest BCUT2D eigenvalue weighted by Crippen LogP contribution is 2.33. The molecule has 1 fully saturated rings. The first kappa shape index (κ1) is 16.2. The molecule has 0 spiro atoms. The fourth-order valence-electron chi connectivity index (χ4n) is 2.67. The van der Waals surface area contributed by atoms with E-state index < -0.39 is 23.9 Å². The van der Waals surface area contributed by atoms with Crippen molar-refractivity contribution in [3.63, 3.8) is 0 Å². The lowest BCUT2D eigenvalue weighted by atomic mass is 10.2. The van der Waals surface area contributed by atoms with Crippen LogP contribution in [0.2, 0.25) is 0 Å². The minimum Gasteiger partial charge on any atom is -0.480 e. The molecule has 1 atom stereocenters. The van der Waals surface area contributed by atoms with E-state index in [4.69, 9.17) is 0 Å². The first-order valence-corrected chi connectivity index (χ1v) is 7.20. The van der Waals surface area contributed by atoms with Crippen LogP contribution in [-0.4, -0.2) is 43.4 Å². The molecule has 2 aromatic rings.